The smallest absolute Gasteiger partial charge is 0.407 e. The van der Waals surface area contributed by atoms with Gasteiger partial charge >= 0.3 is 12.1 Å². The molecule has 0 aromatic heterocycles. The van der Waals surface area contributed by atoms with Crippen LogP contribution in [0.5, 0.6) is 0 Å². The number of carbonyl (C=O) groups is 3. The van der Waals surface area contributed by atoms with Gasteiger partial charge in [-0.05, 0) is 34.1 Å². The number of ether oxygens (including phenoxy) is 1. The Labute approximate surface area is 188 Å². The fraction of sp³-hybridized carbons (Fsp3) is 0.400. The van der Waals surface area contributed by atoms with E-state index < -0.39 is 30.1 Å². The van der Waals surface area contributed by atoms with Gasteiger partial charge in [0.1, 0.15) is 18.7 Å². The molecule has 0 radical (unpaired) electrons. The molecule has 170 valence electrons. The summed E-state index contributed by atoms with van der Waals surface area (Å²) < 4.78 is 5.52. The molecule has 0 aliphatic heterocycles. The number of benzene rings is 2. The molecular formula is C25H30N2O5. The summed E-state index contributed by atoms with van der Waals surface area (Å²) in [5.41, 5.74) is 4.46. The lowest BCUT2D eigenvalue weighted by atomic mass is 9.98. The first-order valence-corrected chi connectivity index (χ1v) is 10.8. The van der Waals surface area contributed by atoms with E-state index in [1.165, 1.54) is 0 Å². The lowest BCUT2D eigenvalue weighted by molar-refractivity contribution is -0.143. The molecular weight excluding hydrogens is 408 g/mol. The van der Waals surface area contributed by atoms with Gasteiger partial charge in [0.05, 0.1) is 0 Å². The summed E-state index contributed by atoms with van der Waals surface area (Å²) in [5, 5.41) is 14.5. The number of fused-ring (bicyclic) bond motifs is 3. The van der Waals surface area contributed by atoms with E-state index in [4.69, 9.17) is 4.74 Å². The molecule has 0 saturated heterocycles. The third-order valence-electron chi connectivity index (χ3n) is 5.80. The third kappa shape index (κ3) is 4.93. The Morgan fingerprint density at radius 2 is 1.34 bits per heavy atom. The maximum atomic E-state index is 12.7. The van der Waals surface area contributed by atoms with Crippen molar-refractivity contribution in [3.63, 3.8) is 0 Å². The molecule has 0 fully saturated rings. The zero-order chi connectivity index (χ0) is 23.4. The highest BCUT2D eigenvalue weighted by Gasteiger charge is 2.32. The second-order valence-corrected chi connectivity index (χ2v) is 8.76. The van der Waals surface area contributed by atoms with E-state index in [1.54, 1.807) is 27.7 Å². The zero-order valence-electron chi connectivity index (χ0n) is 18.8. The van der Waals surface area contributed by atoms with Gasteiger partial charge in [-0.25, -0.2) is 9.59 Å². The molecule has 0 spiro atoms. The summed E-state index contributed by atoms with van der Waals surface area (Å²) in [5.74, 6) is -2.29. The van der Waals surface area contributed by atoms with Crippen LogP contribution in [-0.4, -0.2) is 41.8 Å². The number of carboxylic acid groups (broad SMARTS) is 1. The van der Waals surface area contributed by atoms with E-state index in [2.05, 4.69) is 22.8 Å². The summed E-state index contributed by atoms with van der Waals surface area (Å²) in [6, 6.07) is 14.1. The topological polar surface area (TPSA) is 105 Å². The standard InChI is InChI=1S/C25H30N2O5/c1-14(2)21(23(28)26-22(15(3)4)24(29)30)27-25(31)32-13-20-18-11-7-5-9-16(18)17-10-6-8-12-19(17)20/h5-12,14-15,20-22H,13H2,1-4H3,(H,26,28)(H,27,31)(H,29,30)/t21-,22+/m0/s1. The van der Waals surface area contributed by atoms with Crippen LogP contribution in [0.1, 0.15) is 44.7 Å². The number of carbonyl (C=O) groups excluding carboxylic acids is 2. The summed E-state index contributed by atoms with van der Waals surface area (Å²) in [6.45, 7) is 7.11. The van der Waals surface area contributed by atoms with Crippen LogP contribution in [-0.2, 0) is 14.3 Å². The van der Waals surface area contributed by atoms with Crippen molar-refractivity contribution in [2.75, 3.05) is 6.61 Å². The van der Waals surface area contributed by atoms with Crippen molar-refractivity contribution in [3.8, 4) is 11.1 Å². The van der Waals surface area contributed by atoms with Gasteiger partial charge in [0, 0.05) is 5.92 Å². The van der Waals surface area contributed by atoms with Crippen LogP contribution in [0, 0.1) is 11.8 Å². The van der Waals surface area contributed by atoms with E-state index in [-0.39, 0.29) is 24.4 Å². The van der Waals surface area contributed by atoms with Gasteiger partial charge in [0.2, 0.25) is 5.91 Å². The molecule has 7 nitrogen and oxygen atoms in total. The van der Waals surface area contributed by atoms with E-state index in [0.29, 0.717) is 0 Å². The minimum atomic E-state index is -1.11. The number of aliphatic carboxylic acids is 1. The highest BCUT2D eigenvalue weighted by Crippen LogP contribution is 2.44. The number of alkyl carbamates (subject to hydrolysis) is 1. The number of amides is 2. The Kier molecular flexibility index (Phi) is 7.18. The molecule has 2 amide bonds. The third-order valence-corrected chi connectivity index (χ3v) is 5.80. The van der Waals surface area contributed by atoms with Gasteiger partial charge in [-0.3, -0.25) is 4.79 Å². The predicted molar refractivity (Wildman–Crippen MR) is 121 cm³/mol. The second kappa shape index (κ2) is 9.85. The van der Waals surface area contributed by atoms with Crippen molar-refractivity contribution >= 4 is 18.0 Å². The summed E-state index contributed by atoms with van der Waals surface area (Å²) in [6.07, 6.45) is -0.711. The van der Waals surface area contributed by atoms with Gasteiger partial charge < -0.3 is 20.5 Å². The van der Waals surface area contributed by atoms with Crippen molar-refractivity contribution in [1.29, 1.82) is 0 Å². The molecule has 2 aromatic rings. The summed E-state index contributed by atoms with van der Waals surface area (Å²) in [7, 11) is 0. The maximum absolute atomic E-state index is 12.7. The van der Waals surface area contributed by atoms with Crippen LogP contribution in [0.15, 0.2) is 48.5 Å². The van der Waals surface area contributed by atoms with Crippen LogP contribution in [0.25, 0.3) is 11.1 Å². The van der Waals surface area contributed by atoms with Crippen LogP contribution >= 0.6 is 0 Å². The van der Waals surface area contributed by atoms with E-state index in [9.17, 15) is 19.5 Å². The lowest BCUT2D eigenvalue weighted by Gasteiger charge is -2.25. The minimum Gasteiger partial charge on any atom is -0.480 e. The van der Waals surface area contributed by atoms with Gasteiger partial charge in [-0.1, -0.05) is 76.2 Å². The van der Waals surface area contributed by atoms with Crippen molar-refractivity contribution < 1.29 is 24.2 Å². The van der Waals surface area contributed by atoms with E-state index in [1.807, 2.05) is 36.4 Å². The summed E-state index contributed by atoms with van der Waals surface area (Å²) >= 11 is 0. The van der Waals surface area contributed by atoms with E-state index in [0.717, 1.165) is 22.3 Å². The molecule has 0 unspecified atom stereocenters. The number of rotatable bonds is 8. The van der Waals surface area contributed by atoms with Gasteiger partial charge in [-0.15, -0.1) is 0 Å². The van der Waals surface area contributed by atoms with Crippen LogP contribution in [0.3, 0.4) is 0 Å². The largest absolute Gasteiger partial charge is 0.480 e. The van der Waals surface area contributed by atoms with E-state index >= 15 is 0 Å². The molecule has 7 heteroatoms. The monoisotopic (exact) mass is 438 g/mol. The lowest BCUT2D eigenvalue weighted by Crippen LogP contribution is -2.55. The van der Waals surface area contributed by atoms with Gasteiger partial charge in [-0.2, -0.15) is 0 Å². The highest BCUT2D eigenvalue weighted by molar-refractivity contribution is 5.89. The Hall–Kier alpha value is -3.35. The number of carboxylic acids is 1. The van der Waals surface area contributed by atoms with Crippen LogP contribution < -0.4 is 10.6 Å². The molecule has 0 saturated carbocycles. The number of hydrogen-bond donors (Lipinski definition) is 3. The van der Waals surface area contributed by atoms with Crippen molar-refractivity contribution in [3.05, 3.63) is 59.7 Å². The van der Waals surface area contributed by atoms with Crippen LogP contribution in [0.2, 0.25) is 0 Å². The fourth-order valence-electron chi connectivity index (χ4n) is 4.06. The average molecular weight is 439 g/mol. The molecule has 1 aliphatic rings. The molecule has 2 atom stereocenters. The molecule has 3 N–H and O–H groups in total. The Morgan fingerprint density at radius 1 is 0.844 bits per heavy atom. The van der Waals surface area contributed by atoms with Crippen molar-refractivity contribution in [2.24, 2.45) is 11.8 Å². The first-order valence-electron chi connectivity index (χ1n) is 10.8. The minimum absolute atomic E-state index is 0.0863. The SMILES string of the molecule is CC(C)[C@H](NC(=O)OCC1c2ccccc2-c2ccccc21)C(=O)N[C@@H](C(=O)O)C(C)C. The maximum Gasteiger partial charge on any atom is 0.407 e. The highest BCUT2D eigenvalue weighted by atomic mass is 16.5. The van der Waals surface area contributed by atoms with Crippen molar-refractivity contribution in [1.82, 2.24) is 10.6 Å². The quantitative estimate of drug-likeness (QED) is 0.582. The van der Waals surface area contributed by atoms with Gasteiger partial charge in [0.15, 0.2) is 0 Å². The fourth-order valence-corrected chi connectivity index (χ4v) is 4.06. The summed E-state index contributed by atoms with van der Waals surface area (Å²) in [4.78, 5) is 36.7. The predicted octanol–water partition coefficient (Wildman–Crippen LogP) is 3.78. The Bertz CT molecular complexity index is 956. The molecule has 3 rings (SSSR count). The first-order chi connectivity index (χ1) is 15.2. The van der Waals surface area contributed by atoms with Gasteiger partial charge in [0.25, 0.3) is 0 Å². The molecule has 32 heavy (non-hydrogen) atoms. The number of nitrogens with one attached hydrogen (secondary N) is 2. The average Bonchev–Trinajstić information content (AvgIpc) is 3.07. The zero-order valence-corrected chi connectivity index (χ0v) is 18.8. The Morgan fingerprint density at radius 3 is 1.81 bits per heavy atom. The first kappa shape index (κ1) is 23.3. The molecule has 0 heterocycles. The number of hydrogen-bond acceptors (Lipinski definition) is 4. The normalized spacial score (nSPS) is 14.4. The molecule has 0 bridgehead atoms. The second-order valence-electron chi connectivity index (χ2n) is 8.76. The molecule has 1 aliphatic carbocycles. The molecule has 2 aromatic carbocycles. The Balaban J connectivity index is 1.67. The van der Waals surface area contributed by atoms with Crippen molar-refractivity contribution in [2.45, 2.75) is 45.7 Å². The van der Waals surface area contributed by atoms with Crippen LogP contribution in [0.4, 0.5) is 4.79 Å².